The van der Waals surface area contributed by atoms with Gasteiger partial charge in [0.1, 0.15) is 0 Å². The molecule has 0 saturated carbocycles. The lowest BCUT2D eigenvalue weighted by Gasteiger charge is -2.13. The van der Waals surface area contributed by atoms with E-state index in [0.29, 0.717) is 24.2 Å². The van der Waals surface area contributed by atoms with E-state index in [9.17, 15) is 18.0 Å². The Morgan fingerprint density at radius 3 is 2.67 bits per heavy atom. The number of rotatable bonds is 5. The first-order valence-electron chi connectivity index (χ1n) is 8.19. The molecule has 3 rings (SSSR count). The molecule has 1 aromatic carbocycles. The molecule has 0 aliphatic rings. The lowest BCUT2D eigenvalue weighted by molar-refractivity contribution is -0.137. The van der Waals surface area contributed by atoms with Gasteiger partial charge in [-0.15, -0.1) is 0 Å². The van der Waals surface area contributed by atoms with Crippen LogP contribution in [-0.4, -0.2) is 36.2 Å². The molecule has 0 unspecified atom stereocenters. The summed E-state index contributed by atoms with van der Waals surface area (Å²) in [6, 6.07) is 6.40. The van der Waals surface area contributed by atoms with Crippen molar-refractivity contribution in [3.63, 3.8) is 0 Å². The van der Waals surface area contributed by atoms with Crippen molar-refractivity contribution in [2.45, 2.75) is 13.1 Å². The van der Waals surface area contributed by atoms with Crippen molar-refractivity contribution in [1.82, 2.24) is 20.8 Å². The molecular weight excluding hydrogens is 361 g/mol. The minimum atomic E-state index is -4.56. The van der Waals surface area contributed by atoms with E-state index in [1.165, 1.54) is 24.3 Å². The summed E-state index contributed by atoms with van der Waals surface area (Å²) in [6.07, 6.45) is -4.56. The molecule has 27 heavy (non-hydrogen) atoms. The van der Waals surface area contributed by atoms with E-state index in [4.69, 9.17) is 4.52 Å². The maximum atomic E-state index is 13.4. The van der Waals surface area contributed by atoms with Crippen LogP contribution in [0.15, 0.2) is 34.9 Å². The number of carbonyl (C=O) groups is 1. The Bertz CT molecular complexity index is 982. The second kappa shape index (κ2) is 7.36. The SMILES string of the molecule is CNCCNC(=O)c1cc(-c2ccccc2C(F)(F)F)nc2onc(C)c12. The van der Waals surface area contributed by atoms with Gasteiger partial charge in [0.25, 0.3) is 11.6 Å². The summed E-state index contributed by atoms with van der Waals surface area (Å²) in [5.74, 6) is -0.435. The molecule has 0 aliphatic heterocycles. The Hall–Kier alpha value is -2.94. The van der Waals surface area contributed by atoms with E-state index in [2.05, 4.69) is 20.8 Å². The van der Waals surface area contributed by atoms with Crippen molar-refractivity contribution in [3.8, 4) is 11.3 Å². The van der Waals surface area contributed by atoms with Gasteiger partial charge in [0.2, 0.25) is 0 Å². The van der Waals surface area contributed by atoms with Gasteiger partial charge in [-0.1, -0.05) is 23.4 Å². The third-order valence-electron chi connectivity index (χ3n) is 4.03. The molecule has 2 N–H and O–H groups in total. The molecule has 2 heterocycles. The number of hydrogen-bond acceptors (Lipinski definition) is 5. The number of aryl methyl sites for hydroxylation is 1. The summed E-state index contributed by atoms with van der Waals surface area (Å²) in [4.78, 5) is 16.7. The molecule has 0 saturated heterocycles. The highest BCUT2D eigenvalue weighted by atomic mass is 19.4. The fraction of sp³-hybridized carbons (Fsp3) is 0.278. The number of nitrogens with zero attached hydrogens (tertiary/aromatic N) is 2. The fourth-order valence-corrected chi connectivity index (χ4v) is 2.76. The second-order valence-electron chi connectivity index (χ2n) is 5.91. The predicted molar refractivity (Wildman–Crippen MR) is 93.2 cm³/mol. The Kier molecular flexibility index (Phi) is 5.13. The maximum Gasteiger partial charge on any atom is 0.417 e. The van der Waals surface area contributed by atoms with Crippen LogP contribution in [0.5, 0.6) is 0 Å². The van der Waals surface area contributed by atoms with E-state index in [1.54, 1.807) is 14.0 Å². The maximum absolute atomic E-state index is 13.4. The summed E-state index contributed by atoms with van der Waals surface area (Å²) in [6.45, 7) is 2.55. The van der Waals surface area contributed by atoms with Crippen LogP contribution >= 0.6 is 0 Å². The smallest absolute Gasteiger partial charge is 0.351 e. The topological polar surface area (TPSA) is 80.0 Å². The highest BCUT2D eigenvalue weighted by Gasteiger charge is 2.34. The standard InChI is InChI=1S/C18H17F3N4O2/c1-10-15-12(16(26)23-8-7-22-2)9-14(24-17(15)27-25-10)11-5-3-4-6-13(11)18(19,20)21/h3-6,9,22H,7-8H2,1-2H3,(H,23,26). The van der Waals surface area contributed by atoms with Gasteiger partial charge in [0.05, 0.1) is 27.9 Å². The van der Waals surface area contributed by atoms with E-state index in [-0.39, 0.29) is 22.5 Å². The Labute approximate surface area is 152 Å². The minimum absolute atomic E-state index is 0.00894. The molecule has 6 nitrogen and oxygen atoms in total. The van der Waals surface area contributed by atoms with E-state index in [0.717, 1.165) is 6.07 Å². The largest absolute Gasteiger partial charge is 0.417 e. The first kappa shape index (κ1) is 18.8. The third kappa shape index (κ3) is 3.77. The van der Waals surface area contributed by atoms with Gasteiger partial charge in [-0.05, 0) is 26.1 Å². The number of aromatic nitrogens is 2. The van der Waals surface area contributed by atoms with Crippen molar-refractivity contribution in [2.75, 3.05) is 20.1 Å². The molecule has 0 radical (unpaired) electrons. The lowest BCUT2D eigenvalue weighted by Crippen LogP contribution is -2.30. The first-order chi connectivity index (χ1) is 12.8. The molecule has 0 bridgehead atoms. The highest BCUT2D eigenvalue weighted by Crippen LogP contribution is 2.37. The Balaban J connectivity index is 2.16. The molecule has 0 aliphatic carbocycles. The van der Waals surface area contributed by atoms with Crippen LogP contribution in [0.3, 0.4) is 0 Å². The van der Waals surface area contributed by atoms with Crippen LogP contribution < -0.4 is 10.6 Å². The Morgan fingerprint density at radius 2 is 1.96 bits per heavy atom. The van der Waals surface area contributed by atoms with Gasteiger partial charge in [0.15, 0.2) is 0 Å². The monoisotopic (exact) mass is 378 g/mol. The van der Waals surface area contributed by atoms with Crippen LogP contribution in [0.4, 0.5) is 13.2 Å². The number of nitrogens with one attached hydrogen (secondary N) is 2. The van der Waals surface area contributed by atoms with Gasteiger partial charge < -0.3 is 15.2 Å². The molecule has 9 heteroatoms. The van der Waals surface area contributed by atoms with Gasteiger partial charge in [0, 0.05) is 18.7 Å². The van der Waals surface area contributed by atoms with Crippen LogP contribution in [0.25, 0.3) is 22.4 Å². The zero-order valence-corrected chi connectivity index (χ0v) is 14.6. The predicted octanol–water partition coefficient (Wildman–Crippen LogP) is 3.17. The number of halogens is 3. The summed E-state index contributed by atoms with van der Waals surface area (Å²) >= 11 is 0. The van der Waals surface area contributed by atoms with Crippen molar-refractivity contribution >= 4 is 17.0 Å². The summed E-state index contributed by atoms with van der Waals surface area (Å²) in [7, 11) is 1.74. The lowest BCUT2D eigenvalue weighted by atomic mass is 10.0. The van der Waals surface area contributed by atoms with Crippen LogP contribution in [0.1, 0.15) is 21.6 Å². The van der Waals surface area contributed by atoms with Crippen LogP contribution in [0.2, 0.25) is 0 Å². The average Bonchev–Trinajstić information content (AvgIpc) is 3.01. The van der Waals surface area contributed by atoms with Crippen molar-refractivity contribution in [1.29, 1.82) is 0 Å². The van der Waals surface area contributed by atoms with Gasteiger partial charge in [-0.2, -0.15) is 13.2 Å². The average molecular weight is 378 g/mol. The molecule has 1 amide bonds. The third-order valence-corrected chi connectivity index (χ3v) is 4.03. The molecule has 2 aromatic heterocycles. The summed E-state index contributed by atoms with van der Waals surface area (Å²) in [5, 5.41) is 9.78. The first-order valence-corrected chi connectivity index (χ1v) is 8.19. The quantitative estimate of drug-likeness (QED) is 0.667. The van der Waals surface area contributed by atoms with Crippen LogP contribution in [-0.2, 0) is 6.18 Å². The van der Waals surface area contributed by atoms with E-state index in [1.807, 2.05) is 0 Å². The zero-order valence-electron chi connectivity index (χ0n) is 14.6. The van der Waals surface area contributed by atoms with Crippen LogP contribution in [0, 0.1) is 6.92 Å². The molecule has 3 aromatic rings. The van der Waals surface area contributed by atoms with Crippen molar-refractivity contribution in [2.24, 2.45) is 0 Å². The number of pyridine rings is 1. The molecule has 0 fully saturated rings. The minimum Gasteiger partial charge on any atom is -0.351 e. The summed E-state index contributed by atoms with van der Waals surface area (Å²) < 4.78 is 45.2. The number of likely N-dealkylation sites (N-methyl/N-ethyl adjacent to an activating group) is 1. The summed E-state index contributed by atoms with van der Waals surface area (Å²) in [5.41, 5.74) is -0.361. The number of carbonyl (C=O) groups excluding carboxylic acids is 1. The van der Waals surface area contributed by atoms with Gasteiger partial charge in [-0.3, -0.25) is 4.79 Å². The molecule has 0 spiro atoms. The van der Waals surface area contributed by atoms with Gasteiger partial charge in [-0.25, -0.2) is 4.98 Å². The number of fused-ring (bicyclic) bond motifs is 1. The number of amides is 1. The van der Waals surface area contributed by atoms with Crippen molar-refractivity contribution in [3.05, 3.63) is 47.2 Å². The normalized spacial score (nSPS) is 11.7. The van der Waals surface area contributed by atoms with Gasteiger partial charge >= 0.3 is 6.18 Å². The highest BCUT2D eigenvalue weighted by molar-refractivity contribution is 6.07. The molecule has 0 atom stereocenters. The number of hydrogen-bond donors (Lipinski definition) is 2. The molecule has 142 valence electrons. The fourth-order valence-electron chi connectivity index (χ4n) is 2.76. The Morgan fingerprint density at radius 1 is 1.22 bits per heavy atom. The van der Waals surface area contributed by atoms with E-state index < -0.39 is 17.6 Å². The zero-order chi connectivity index (χ0) is 19.6. The number of alkyl halides is 3. The van der Waals surface area contributed by atoms with E-state index >= 15 is 0 Å². The molecular formula is C18H17F3N4O2. The number of benzene rings is 1. The van der Waals surface area contributed by atoms with Crippen molar-refractivity contribution < 1.29 is 22.5 Å². The second-order valence-corrected chi connectivity index (χ2v) is 5.91.